The maximum absolute atomic E-state index is 5.68. The van der Waals surface area contributed by atoms with Crippen LogP contribution in [0.25, 0.3) is 0 Å². The zero-order valence-corrected chi connectivity index (χ0v) is 8.95. The molecule has 0 N–H and O–H groups in total. The zero-order valence-electron chi connectivity index (χ0n) is 8.19. The first-order valence-corrected chi connectivity index (χ1v) is 5.96. The maximum Gasteiger partial charge on any atom is 0.0223 e. The molecule has 0 unspecified atom stereocenters. The molecule has 1 rings (SSSR count). The van der Waals surface area contributed by atoms with Crippen molar-refractivity contribution in [2.24, 2.45) is 11.8 Å². The summed E-state index contributed by atoms with van der Waals surface area (Å²) in [6.45, 7) is 2.32. The molecule has 0 saturated heterocycles. The minimum absolute atomic E-state index is 0.855. The molecule has 12 heavy (non-hydrogen) atoms. The molecule has 0 atom stereocenters. The first-order valence-electron chi connectivity index (χ1n) is 5.42. The van der Waals surface area contributed by atoms with Gasteiger partial charge in [-0.15, -0.1) is 11.6 Å². The van der Waals surface area contributed by atoms with Crippen LogP contribution in [-0.4, -0.2) is 5.88 Å². The van der Waals surface area contributed by atoms with Crippen molar-refractivity contribution in [3.63, 3.8) is 0 Å². The minimum atomic E-state index is 0.855. The van der Waals surface area contributed by atoms with Gasteiger partial charge in [-0.3, -0.25) is 0 Å². The Morgan fingerprint density at radius 3 is 2.17 bits per heavy atom. The molecule has 0 nitrogen and oxygen atoms in total. The summed E-state index contributed by atoms with van der Waals surface area (Å²) >= 11 is 5.68. The fraction of sp³-hybridized carbons (Fsp3) is 1.00. The number of alkyl halides is 1. The van der Waals surface area contributed by atoms with Gasteiger partial charge < -0.3 is 0 Å². The Hall–Kier alpha value is 0.290. The summed E-state index contributed by atoms with van der Waals surface area (Å²) in [6, 6.07) is 0. The van der Waals surface area contributed by atoms with Gasteiger partial charge in [-0.1, -0.05) is 39.0 Å². The van der Waals surface area contributed by atoms with Crippen molar-refractivity contribution in [1.82, 2.24) is 0 Å². The molecule has 72 valence electrons. The Kier molecular flexibility index (Phi) is 5.06. The van der Waals surface area contributed by atoms with Gasteiger partial charge in [-0.2, -0.15) is 0 Å². The van der Waals surface area contributed by atoms with Crippen molar-refractivity contribution in [3.05, 3.63) is 0 Å². The number of halogens is 1. The summed E-state index contributed by atoms with van der Waals surface area (Å²) in [5.41, 5.74) is 0. The van der Waals surface area contributed by atoms with E-state index in [1.54, 1.807) is 0 Å². The van der Waals surface area contributed by atoms with Crippen LogP contribution in [0.3, 0.4) is 0 Å². The summed E-state index contributed by atoms with van der Waals surface area (Å²) < 4.78 is 0. The Balaban J connectivity index is 2.09. The molecule has 0 aromatic rings. The highest BCUT2D eigenvalue weighted by molar-refractivity contribution is 6.17. The van der Waals surface area contributed by atoms with Crippen LogP contribution in [0.2, 0.25) is 0 Å². The zero-order chi connectivity index (χ0) is 8.81. The van der Waals surface area contributed by atoms with Crippen molar-refractivity contribution in [2.45, 2.75) is 51.9 Å². The highest BCUT2D eigenvalue weighted by Gasteiger charge is 2.18. The van der Waals surface area contributed by atoms with E-state index in [4.69, 9.17) is 11.6 Å². The van der Waals surface area contributed by atoms with Crippen LogP contribution in [0.4, 0.5) is 0 Å². The molecule has 1 saturated carbocycles. The van der Waals surface area contributed by atoms with Crippen LogP contribution in [0.1, 0.15) is 51.9 Å². The lowest BCUT2D eigenvalue weighted by Crippen LogP contribution is -2.13. The molecule has 1 fully saturated rings. The predicted octanol–water partition coefficient (Wildman–Crippen LogP) is 4.22. The molecule has 1 aliphatic rings. The largest absolute Gasteiger partial charge is 0.127 e. The van der Waals surface area contributed by atoms with Gasteiger partial charge in [0.15, 0.2) is 0 Å². The number of hydrogen-bond donors (Lipinski definition) is 0. The monoisotopic (exact) mass is 188 g/mol. The fourth-order valence-electron chi connectivity index (χ4n) is 2.29. The molecule has 1 aliphatic carbocycles. The quantitative estimate of drug-likeness (QED) is 0.580. The molecule has 0 heterocycles. The third-order valence-electron chi connectivity index (χ3n) is 3.29. The summed E-state index contributed by atoms with van der Waals surface area (Å²) in [4.78, 5) is 0. The van der Waals surface area contributed by atoms with Crippen LogP contribution >= 0.6 is 11.6 Å². The Morgan fingerprint density at radius 2 is 1.67 bits per heavy atom. The van der Waals surface area contributed by atoms with E-state index >= 15 is 0 Å². The maximum atomic E-state index is 5.68. The van der Waals surface area contributed by atoms with E-state index in [9.17, 15) is 0 Å². The molecular formula is C11H21Cl. The van der Waals surface area contributed by atoms with E-state index in [1.807, 2.05) is 0 Å². The standard InChI is InChI=1S/C11H21Cl/c1-2-10-5-7-11(8-6-10)4-3-9-12/h10-11H,2-9H2,1H3. The average Bonchev–Trinajstić information content (AvgIpc) is 2.15. The van der Waals surface area contributed by atoms with Crippen LogP contribution in [0.5, 0.6) is 0 Å². The summed E-state index contributed by atoms with van der Waals surface area (Å²) in [6.07, 6.45) is 9.88. The third-order valence-corrected chi connectivity index (χ3v) is 3.56. The second-order valence-electron chi connectivity index (χ2n) is 4.13. The van der Waals surface area contributed by atoms with Crippen molar-refractivity contribution in [2.75, 3.05) is 5.88 Å². The van der Waals surface area contributed by atoms with E-state index in [1.165, 1.54) is 44.9 Å². The van der Waals surface area contributed by atoms with Gasteiger partial charge in [0, 0.05) is 5.88 Å². The minimum Gasteiger partial charge on any atom is -0.127 e. The van der Waals surface area contributed by atoms with Gasteiger partial charge in [0.25, 0.3) is 0 Å². The first kappa shape index (κ1) is 10.4. The van der Waals surface area contributed by atoms with Crippen molar-refractivity contribution in [3.8, 4) is 0 Å². The van der Waals surface area contributed by atoms with E-state index in [0.29, 0.717) is 0 Å². The van der Waals surface area contributed by atoms with E-state index in [2.05, 4.69) is 6.92 Å². The van der Waals surface area contributed by atoms with Gasteiger partial charge in [0.05, 0.1) is 0 Å². The van der Waals surface area contributed by atoms with Crippen molar-refractivity contribution in [1.29, 1.82) is 0 Å². The average molecular weight is 189 g/mol. The Bertz CT molecular complexity index is 104. The predicted molar refractivity (Wildman–Crippen MR) is 55.7 cm³/mol. The SMILES string of the molecule is CCC1CCC(CCCCl)CC1. The van der Waals surface area contributed by atoms with Gasteiger partial charge >= 0.3 is 0 Å². The third kappa shape index (κ3) is 3.35. The molecule has 0 bridgehead atoms. The van der Waals surface area contributed by atoms with Crippen LogP contribution in [0, 0.1) is 11.8 Å². The van der Waals surface area contributed by atoms with Crippen LogP contribution in [-0.2, 0) is 0 Å². The van der Waals surface area contributed by atoms with Gasteiger partial charge in [0.2, 0.25) is 0 Å². The van der Waals surface area contributed by atoms with Crippen LogP contribution < -0.4 is 0 Å². The lowest BCUT2D eigenvalue weighted by Gasteiger charge is -2.27. The molecule has 1 heteroatoms. The second kappa shape index (κ2) is 5.85. The highest BCUT2D eigenvalue weighted by Crippen LogP contribution is 2.32. The lowest BCUT2D eigenvalue weighted by atomic mass is 9.79. The lowest BCUT2D eigenvalue weighted by molar-refractivity contribution is 0.257. The molecule has 0 radical (unpaired) electrons. The molecule has 0 aliphatic heterocycles. The number of hydrogen-bond acceptors (Lipinski definition) is 0. The number of rotatable bonds is 4. The molecule has 0 spiro atoms. The summed E-state index contributed by atoms with van der Waals surface area (Å²) in [5, 5.41) is 0. The van der Waals surface area contributed by atoms with Gasteiger partial charge in [-0.05, 0) is 24.7 Å². The topological polar surface area (TPSA) is 0 Å². The van der Waals surface area contributed by atoms with E-state index < -0.39 is 0 Å². The summed E-state index contributed by atoms with van der Waals surface area (Å²) in [5.74, 6) is 2.90. The fourth-order valence-corrected chi connectivity index (χ4v) is 2.45. The summed E-state index contributed by atoms with van der Waals surface area (Å²) in [7, 11) is 0. The van der Waals surface area contributed by atoms with Crippen LogP contribution in [0.15, 0.2) is 0 Å². The van der Waals surface area contributed by atoms with E-state index in [-0.39, 0.29) is 0 Å². The molecule has 0 aromatic carbocycles. The highest BCUT2D eigenvalue weighted by atomic mass is 35.5. The van der Waals surface area contributed by atoms with Crippen molar-refractivity contribution < 1.29 is 0 Å². The van der Waals surface area contributed by atoms with Crippen molar-refractivity contribution >= 4 is 11.6 Å². The molecule has 0 aromatic heterocycles. The normalized spacial score (nSPS) is 30.5. The first-order chi connectivity index (χ1) is 5.86. The Morgan fingerprint density at radius 1 is 1.08 bits per heavy atom. The molecule has 0 amide bonds. The van der Waals surface area contributed by atoms with Gasteiger partial charge in [-0.25, -0.2) is 0 Å². The van der Waals surface area contributed by atoms with E-state index in [0.717, 1.165) is 17.7 Å². The molecular weight excluding hydrogens is 168 g/mol. The second-order valence-corrected chi connectivity index (χ2v) is 4.50. The Labute approximate surface area is 81.7 Å². The van der Waals surface area contributed by atoms with Gasteiger partial charge in [0.1, 0.15) is 0 Å². The smallest absolute Gasteiger partial charge is 0.0223 e.